The molecule has 2 N–H and O–H groups in total. The van der Waals surface area contributed by atoms with E-state index < -0.39 is 11.8 Å². The molecule has 0 atom stereocenters. The topological polar surface area (TPSA) is 87.7 Å². The number of carbonyl (C=O) groups is 3. The third kappa shape index (κ3) is 5.01. The fraction of sp³-hybridized carbons (Fsp3) is 0.115. The molecule has 7 nitrogen and oxygen atoms in total. The standard InChI is InChI=1S/C26H21Cl2N3O4/c1-15-7-8-16(24(32)29-14-17-5-3-4-6-20(17)27)13-21(15)30-23-22(28)25(33)31(26(23)34)18-9-11-19(35-2)12-10-18/h3-13,30H,14H2,1-2H3,(H,29,32). The maximum Gasteiger partial charge on any atom is 0.283 e. The van der Waals surface area contributed by atoms with E-state index in [1.165, 1.54) is 7.11 Å². The summed E-state index contributed by atoms with van der Waals surface area (Å²) in [5, 5.41) is 6.10. The Kier molecular flexibility index (Phi) is 7.10. The zero-order valence-corrected chi connectivity index (χ0v) is 20.4. The molecular formula is C26H21Cl2N3O4. The lowest BCUT2D eigenvalue weighted by molar-refractivity contribution is -0.120. The Morgan fingerprint density at radius 2 is 1.69 bits per heavy atom. The summed E-state index contributed by atoms with van der Waals surface area (Å²) in [5.41, 5.74) is 2.68. The van der Waals surface area contributed by atoms with Gasteiger partial charge in [-0.2, -0.15) is 0 Å². The lowest BCUT2D eigenvalue weighted by atomic mass is 10.1. The van der Waals surface area contributed by atoms with Crippen molar-refractivity contribution >= 4 is 52.3 Å². The molecule has 3 aromatic carbocycles. The van der Waals surface area contributed by atoms with Crippen LogP contribution in [0.4, 0.5) is 11.4 Å². The van der Waals surface area contributed by atoms with Crippen LogP contribution in [-0.4, -0.2) is 24.8 Å². The summed E-state index contributed by atoms with van der Waals surface area (Å²) in [5.74, 6) is -0.971. The molecule has 3 aromatic rings. The number of carbonyl (C=O) groups excluding carboxylic acids is 3. The minimum atomic E-state index is -0.643. The fourth-order valence-corrected chi connectivity index (χ4v) is 3.94. The van der Waals surface area contributed by atoms with E-state index in [0.29, 0.717) is 27.7 Å². The maximum atomic E-state index is 13.1. The molecule has 1 aliphatic rings. The van der Waals surface area contributed by atoms with Crippen LogP contribution >= 0.6 is 23.2 Å². The highest BCUT2D eigenvalue weighted by Gasteiger charge is 2.39. The number of halogens is 2. The number of hydrogen-bond donors (Lipinski definition) is 2. The van der Waals surface area contributed by atoms with Gasteiger partial charge < -0.3 is 15.4 Å². The quantitative estimate of drug-likeness (QED) is 0.436. The monoisotopic (exact) mass is 509 g/mol. The van der Waals surface area contributed by atoms with Gasteiger partial charge in [0.1, 0.15) is 16.5 Å². The normalized spacial score (nSPS) is 13.3. The number of imide groups is 1. The SMILES string of the molecule is COc1ccc(N2C(=O)C(Cl)=C(Nc3cc(C(=O)NCc4ccccc4Cl)ccc3C)C2=O)cc1. The Bertz CT molecular complexity index is 1350. The van der Waals surface area contributed by atoms with E-state index in [4.69, 9.17) is 27.9 Å². The van der Waals surface area contributed by atoms with Gasteiger partial charge in [-0.1, -0.05) is 47.5 Å². The Morgan fingerprint density at radius 3 is 2.37 bits per heavy atom. The molecule has 0 fully saturated rings. The number of aryl methyl sites for hydroxylation is 1. The largest absolute Gasteiger partial charge is 0.497 e. The van der Waals surface area contributed by atoms with Crippen molar-refractivity contribution < 1.29 is 19.1 Å². The lowest BCUT2D eigenvalue weighted by Crippen LogP contribution is -2.32. The molecule has 0 bridgehead atoms. The van der Waals surface area contributed by atoms with E-state index in [9.17, 15) is 14.4 Å². The molecule has 0 aromatic heterocycles. The zero-order chi connectivity index (χ0) is 25.1. The second-order valence-corrected chi connectivity index (χ2v) is 8.55. The van der Waals surface area contributed by atoms with Crippen molar-refractivity contribution in [2.45, 2.75) is 13.5 Å². The number of methoxy groups -OCH3 is 1. The van der Waals surface area contributed by atoms with Gasteiger partial charge >= 0.3 is 0 Å². The van der Waals surface area contributed by atoms with Crippen molar-refractivity contribution in [3.63, 3.8) is 0 Å². The smallest absolute Gasteiger partial charge is 0.283 e. The summed E-state index contributed by atoms with van der Waals surface area (Å²) in [6.45, 7) is 2.07. The summed E-state index contributed by atoms with van der Waals surface area (Å²) in [4.78, 5) is 39.6. The predicted octanol–water partition coefficient (Wildman–Crippen LogP) is 5.02. The summed E-state index contributed by atoms with van der Waals surface area (Å²) in [6, 6.07) is 18.7. The number of anilines is 2. The van der Waals surface area contributed by atoms with Crippen molar-refractivity contribution in [1.29, 1.82) is 0 Å². The highest BCUT2D eigenvalue weighted by molar-refractivity contribution is 6.53. The average Bonchev–Trinajstić information content (AvgIpc) is 3.07. The van der Waals surface area contributed by atoms with E-state index in [1.54, 1.807) is 48.5 Å². The molecule has 9 heteroatoms. The number of amides is 3. The van der Waals surface area contributed by atoms with Crippen molar-refractivity contribution in [2.75, 3.05) is 17.3 Å². The van der Waals surface area contributed by atoms with Crippen LogP contribution in [-0.2, 0) is 16.1 Å². The van der Waals surface area contributed by atoms with E-state index in [-0.39, 0.29) is 23.2 Å². The molecule has 0 saturated heterocycles. The summed E-state index contributed by atoms with van der Waals surface area (Å²) < 4.78 is 5.12. The van der Waals surface area contributed by atoms with E-state index in [0.717, 1.165) is 16.0 Å². The molecule has 1 heterocycles. The summed E-state index contributed by atoms with van der Waals surface area (Å²) in [6.07, 6.45) is 0. The maximum absolute atomic E-state index is 13.1. The Labute approximate surface area is 212 Å². The average molecular weight is 510 g/mol. The Hall–Kier alpha value is -3.81. The summed E-state index contributed by atoms with van der Waals surface area (Å²) >= 11 is 12.4. The molecule has 0 spiro atoms. The predicted molar refractivity (Wildman–Crippen MR) is 136 cm³/mol. The Morgan fingerprint density at radius 1 is 0.971 bits per heavy atom. The van der Waals surface area contributed by atoms with Crippen LogP contribution in [0.2, 0.25) is 5.02 Å². The highest BCUT2D eigenvalue weighted by Crippen LogP contribution is 2.32. The van der Waals surface area contributed by atoms with Gasteiger partial charge in [-0.25, -0.2) is 4.90 Å². The van der Waals surface area contributed by atoms with Crippen molar-refractivity contribution in [3.8, 4) is 5.75 Å². The first kappa shape index (κ1) is 24.3. The van der Waals surface area contributed by atoms with Gasteiger partial charge in [-0.05, 0) is 60.5 Å². The van der Waals surface area contributed by atoms with Gasteiger partial charge in [-0.15, -0.1) is 0 Å². The van der Waals surface area contributed by atoms with Crippen LogP contribution in [0.25, 0.3) is 0 Å². The third-order valence-corrected chi connectivity index (χ3v) is 6.23. The number of benzene rings is 3. The van der Waals surface area contributed by atoms with E-state index in [2.05, 4.69) is 10.6 Å². The number of nitrogens with one attached hydrogen (secondary N) is 2. The van der Waals surface area contributed by atoms with Crippen molar-refractivity contribution in [1.82, 2.24) is 5.32 Å². The first-order valence-electron chi connectivity index (χ1n) is 10.6. The Balaban J connectivity index is 1.52. The first-order valence-corrected chi connectivity index (χ1v) is 11.4. The van der Waals surface area contributed by atoms with Gasteiger partial charge in [0.05, 0.1) is 12.8 Å². The van der Waals surface area contributed by atoms with Gasteiger partial charge in [0.25, 0.3) is 17.7 Å². The molecule has 178 valence electrons. The molecule has 0 aliphatic carbocycles. The molecule has 0 radical (unpaired) electrons. The molecule has 0 unspecified atom stereocenters. The van der Waals surface area contributed by atoms with Crippen LogP contribution < -0.4 is 20.3 Å². The lowest BCUT2D eigenvalue weighted by Gasteiger charge is -2.16. The molecule has 1 aliphatic heterocycles. The van der Waals surface area contributed by atoms with Gasteiger partial charge in [-0.3, -0.25) is 14.4 Å². The number of rotatable bonds is 7. The number of nitrogens with zero attached hydrogens (tertiary/aromatic N) is 1. The molecular weight excluding hydrogens is 489 g/mol. The molecule has 3 amide bonds. The zero-order valence-electron chi connectivity index (χ0n) is 18.9. The summed E-state index contributed by atoms with van der Waals surface area (Å²) in [7, 11) is 1.52. The number of ether oxygens (including phenoxy) is 1. The third-order valence-electron chi connectivity index (χ3n) is 5.51. The molecule has 35 heavy (non-hydrogen) atoms. The van der Waals surface area contributed by atoms with Gasteiger partial charge in [0.15, 0.2) is 0 Å². The molecule has 0 saturated carbocycles. The van der Waals surface area contributed by atoms with E-state index >= 15 is 0 Å². The fourth-order valence-electron chi connectivity index (χ4n) is 3.53. The second-order valence-electron chi connectivity index (χ2n) is 7.76. The highest BCUT2D eigenvalue weighted by atomic mass is 35.5. The molecule has 4 rings (SSSR count). The minimum absolute atomic E-state index is 0.0655. The van der Waals surface area contributed by atoms with Crippen molar-refractivity contribution in [3.05, 3.63) is 99.2 Å². The van der Waals surface area contributed by atoms with Crippen LogP contribution in [0.5, 0.6) is 5.75 Å². The van der Waals surface area contributed by atoms with E-state index in [1.807, 2.05) is 25.1 Å². The van der Waals surface area contributed by atoms with Gasteiger partial charge in [0.2, 0.25) is 0 Å². The van der Waals surface area contributed by atoms with Crippen LogP contribution in [0.15, 0.2) is 77.5 Å². The van der Waals surface area contributed by atoms with Crippen LogP contribution in [0, 0.1) is 6.92 Å². The van der Waals surface area contributed by atoms with Gasteiger partial charge in [0, 0.05) is 22.8 Å². The minimum Gasteiger partial charge on any atom is -0.497 e. The second kappa shape index (κ2) is 10.2. The van der Waals surface area contributed by atoms with Crippen molar-refractivity contribution in [2.24, 2.45) is 0 Å². The number of hydrogen-bond acceptors (Lipinski definition) is 5. The van der Waals surface area contributed by atoms with Crippen LogP contribution in [0.1, 0.15) is 21.5 Å². The first-order chi connectivity index (χ1) is 16.8. The van der Waals surface area contributed by atoms with Crippen LogP contribution in [0.3, 0.4) is 0 Å².